The standard InChI is InChI=1S/C21H20ClN5O2S2/c1-11-7-14(15(29-2)8-13(11)22)24-17(28)9-30-21-26-25-19-18-12-5-3-4-6-16(12)31-20(18)23-10-27(19)21/h7-8,10H,3-6,9H2,1-2H3,(H,24,28). The molecule has 160 valence electrons. The number of thioether (sulfide) groups is 1. The molecule has 0 saturated heterocycles. The normalized spacial score (nSPS) is 13.5. The number of amides is 1. The van der Waals surface area contributed by atoms with Crippen molar-refractivity contribution in [1.29, 1.82) is 0 Å². The summed E-state index contributed by atoms with van der Waals surface area (Å²) in [5.41, 5.74) is 3.65. The molecule has 3 aromatic heterocycles. The molecule has 10 heteroatoms. The van der Waals surface area contributed by atoms with Crippen molar-refractivity contribution in [1.82, 2.24) is 19.6 Å². The molecule has 0 aliphatic heterocycles. The highest BCUT2D eigenvalue weighted by atomic mass is 35.5. The van der Waals surface area contributed by atoms with Gasteiger partial charge in [-0.2, -0.15) is 0 Å². The first-order chi connectivity index (χ1) is 15.0. The number of aromatic nitrogens is 4. The number of ether oxygens (including phenoxy) is 1. The lowest BCUT2D eigenvalue weighted by Gasteiger charge is -2.12. The maximum absolute atomic E-state index is 12.6. The van der Waals surface area contributed by atoms with Crippen molar-refractivity contribution >= 4 is 62.2 Å². The largest absolute Gasteiger partial charge is 0.495 e. The maximum Gasteiger partial charge on any atom is 0.234 e. The van der Waals surface area contributed by atoms with Crippen molar-refractivity contribution in [3.63, 3.8) is 0 Å². The van der Waals surface area contributed by atoms with E-state index in [1.54, 1.807) is 36.9 Å². The van der Waals surface area contributed by atoms with Crippen LogP contribution in [0.25, 0.3) is 15.9 Å². The van der Waals surface area contributed by atoms with Gasteiger partial charge in [-0.3, -0.25) is 9.20 Å². The maximum atomic E-state index is 12.6. The molecule has 1 aliphatic carbocycles. The number of aryl methyl sites for hydroxylation is 3. The topological polar surface area (TPSA) is 81.4 Å². The van der Waals surface area contributed by atoms with Gasteiger partial charge in [0, 0.05) is 16.0 Å². The summed E-state index contributed by atoms with van der Waals surface area (Å²) in [6, 6.07) is 3.50. The van der Waals surface area contributed by atoms with Crippen LogP contribution in [0.15, 0.2) is 23.6 Å². The number of methoxy groups -OCH3 is 1. The van der Waals surface area contributed by atoms with E-state index >= 15 is 0 Å². The van der Waals surface area contributed by atoms with Crippen LogP contribution in [-0.2, 0) is 17.6 Å². The first kappa shape index (κ1) is 20.5. The number of anilines is 1. The number of benzene rings is 1. The van der Waals surface area contributed by atoms with Crippen molar-refractivity contribution in [2.24, 2.45) is 0 Å². The van der Waals surface area contributed by atoms with Gasteiger partial charge < -0.3 is 10.1 Å². The Labute approximate surface area is 192 Å². The molecule has 1 amide bonds. The second-order valence-corrected chi connectivity index (χ2v) is 9.88. The van der Waals surface area contributed by atoms with Crippen LogP contribution in [-0.4, -0.2) is 38.4 Å². The number of fused-ring (bicyclic) bond motifs is 5. The third-order valence-electron chi connectivity index (χ3n) is 5.42. The minimum atomic E-state index is -0.163. The van der Waals surface area contributed by atoms with Gasteiger partial charge in [0.2, 0.25) is 5.91 Å². The minimum Gasteiger partial charge on any atom is -0.495 e. The Morgan fingerprint density at radius 3 is 3.00 bits per heavy atom. The SMILES string of the molecule is COc1cc(Cl)c(C)cc1NC(=O)CSc1nnc2c3c4c(sc3ncn12)CCCC4. The fourth-order valence-electron chi connectivity index (χ4n) is 3.88. The van der Waals surface area contributed by atoms with Crippen LogP contribution in [0.2, 0.25) is 5.02 Å². The van der Waals surface area contributed by atoms with E-state index in [9.17, 15) is 4.79 Å². The van der Waals surface area contributed by atoms with Gasteiger partial charge in [0.25, 0.3) is 0 Å². The highest BCUT2D eigenvalue weighted by Gasteiger charge is 2.21. The summed E-state index contributed by atoms with van der Waals surface area (Å²) in [7, 11) is 1.55. The van der Waals surface area contributed by atoms with Crippen molar-refractivity contribution < 1.29 is 9.53 Å². The summed E-state index contributed by atoms with van der Waals surface area (Å²) in [5.74, 6) is 0.546. The second-order valence-electron chi connectivity index (χ2n) is 7.45. The number of carbonyl (C=O) groups excluding carboxylic acids is 1. The van der Waals surface area contributed by atoms with E-state index in [2.05, 4.69) is 20.5 Å². The van der Waals surface area contributed by atoms with Crippen molar-refractivity contribution in [3.8, 4) is 5.75 Å². The summed E-state index contributed by atoms with van der Waals surface area (Å²) in [4.78, 5) is 19.7. The van der Waals surface area contributed by atoms with Crippen LogP contribution >= 0.6 is 34.7 Å². The van der Waals surface area contributed by atoms with Gasteiger partial charge in [-0.15, -0.1) is 21.5 Å². The van der Waals surface area contributed by atoms with Crippen LogP contribution in [0, 0.1) is 6.92 Å². The fourth-order valence-corrected chi connectivity index (χ4v) is 5.96. The predicted octanol–water partition coefficient (Wildman–Crippen LogP) is 4.92. The second kappa shape index (κ2) is 8.29. The Morgan fingerprint density at radius 1 is 1.32 bits per heavy atom. The number of rotatable bonds is 5. The molecule has 0 saturated carbocycles. The molecule has 5 rings (SSSR count). The first-order valence-electron chi connectivity index (χ1n) is 9.96. The summed E-state index contributed by atoms with van der Waals surface area (Å²) < 4.78 is 7.21. The van der Waals surface area contributed by atoms with Gasteiger partial charge in [-0.05, 0) is 49.8 Å². The summed E-state index contributed by atoms with van der Waals surface area (Å²) >= 11 is 9.23. The highest BCUT2D eigenvalue weighted by molar-refractivity contribution is 7.99. The molecule has 1 aliphatic rings. The van der Waals surface area contributed by atoms with Crippen LogP contribution < -0.4 is 10.1 Å². The van der Waals surface area contributed by atoms with E-state index in [1.807, 2.05) is 11.3 Å². The molecule has 0 radical (unpaired) electrons. The average Bonchev–Trinajstić information content (AvgIpc) is 3.35. The number of carbonyl (C=O) groups is 1. The third kappa shape index (κ3) is 3.75. The van der Waals surface area contributed by atoms with Crippen molar-refractivity contribution in [2.45, 2.75) is 37.8 Å². The van der Waals surface area contributed by atoms with Gasteiger partial charge in [-0.1, -0.05) is 23.4 Å². The van der Waals surface area contributed by atoms with E-state index in [4.69, 9.17) is 16.3 Å². The third-order valence-corrected chi connectivity index (χ3v) is 7.97. The Kier molecular flexibility index (Phi) is 5.49. The summed E-state index contributed by atoms with van der Waals surface area (Å²) in [6.07, 6.45) is 6.37. The molecule has 0 atom stereocenters. The van der Waals surface area contributed by atoms with E-state index < -0.39 is 0 Å². The highest BCUT2D eigenvalue weighted by Crippen LogP contribution is 2.37. The van der Waals surface area contributed by atoms with Gasteiger partial charge in [-0.25, -0.2) is 4.98 Å². The summed E-state index contributed by atoms with van der Waals surface area (Å²) in [6.45, 7) is 1.88. The Balaban J connectivity index is 1.37. The Hall–Kier alpha value is -2.36. The fraction of sp³-hybridized carbons (Fsp3) is 0.333. The molecule has 1 aromatic carbocycles. The van der Waals surface area contributed by atoms with Gasteiger partial charge in [0.1, 0.15) is 16.9 Å². The molecule has 0 spiro atoms. The zero-order valence-electron chi connectivity index (χ0n) is 17.1. The van der Waals surface area contributed by atoms with Crippen LogP contribution in [0.1, 0.15) is 28.8 Å². The average molecular weight is 474 g/mol. The lowest BCUT2D eigenvalue weighted by molar-refractivity contribution is -0.113. The van der Waals surface area contributed by atoms with Gasteiger partial charge in [0.15, 0.2) is 10.8 Å². The zero-order valence-corrected chi connectivity index (χ0v) is 19.5. The van der Waals surface area contributed by atoms with Crippen LogP contribution in [0.4, 0.5) is 5.69 Å². The number of thiophene rings is 1. The number of hydrogen-bond acceptors (Lipinski definition) is 7. The van der Waals surface area contributed by atoms with Crippen LogP contribution in [0.3, 0.4) is 0 Å². The van der Waals surface area contributed by atoms with Crippen molar-refractivity contribution in [2.75, 3.05) is 18.2 Å². The quantitative estimate of drug-likeness (QED) is 0.414. The molecule has 4 aromatic rings. The lowest BCUT2D eigenvalue weighted by Crippen LogP contribution is -2.15. The molecule has 31 heavy (non-hydrogen) atoms. The monoisotopic (exact) mass is 473 g/mol. The molecule has 0 unspecified atom stereocenters. The molecule has 0 bridgehead atoms. The van der Waals surface area contributed by atoms with Crippen LogP contribution in [0.5, 0.6) is 5.75 Å². The van der Waals surface area contributed by atoms with Gasteiger partial charge >= 0.3 is 0 Å². The Bertz CT molecular complexity index is 1320. The lowest BCUT2D eigenvalue weighted by atomic mass is 9.97. The smallest absolute Gasteiger partial charge is 0.234 e. The molecule has 3 heterocycles. The molecule has 7 nitrogen and oxygen atoms in total. The molecular weight excluding hydrogens is 454 g/mol. The Morgan fingerprint density at radius 2 is 2.16 bits per heavy atom. The molecule has 0 fully saturated rings. The predicted molar refractivity (Wildman–Crippen MR) is 125 cm³/mol. The van der Waals surface area contributed by atoms with E-state index in [1.165, 1.54) is 35.0 Å². The van der Waals surface area contributed by atoms with Gasteiger partial charge in [0.05, 0.1) is 23.9 Å². The number of nitrogens with zero attached hydrogens (tertiary/aromatic N) is 4. The zero-order chi connectivity index (χ0) is 21.5. The number of nitrogens with one attached hydrogen (secondary N) is 1. The van der Waals surface area contributed by atoms with E-state index in [-0.39, 0.29) is 11.7 Å². The molecular formula is C21H20ClN5O2S2. The first-order valence-corrected chi connectivity index (χ1v) is 12.1. The molecule has 1 N–H and O–H groups in total. The summed E-state index contributed by atoms with van der Waals surface area (Å²) in [5, 5.41) is 14.0. The minimum absolute atomic E-state index is 0.163. The van der Waals surface area contributed by atoms with E-state index in [0.29, 0.717) is 21.6 Å². The number of halogens is 1. The van der Waals surface area contributed by atoms with Crippen molar-refractivity contribution in [3.05, 3.63) is 39.5 Å². The van der Waals surface area contributed by atoms with E-state index in [0.717, 1.165) is 34.3 Å². The number of hydrogen-bond donors (Lipinski definition) is 1.